The summed E-state index contributed by atoms with van der Waals surface area (Å²) in [4.78, 5) is 26.1. The smallest absolute Gasteiger partial charge is 0.251 e. The lowest BCUT2D eigenvalue weighted by Crippen LogP contribution is -2.30. The molecule has 0 fully saturated rings. The van der Waals surface area contributed by atoms with Crippen LogP contribution in [0.4, 0.5) is 0 Å². The molecular formula is C15H18N2O4S. The number of carbonyl (C=O) groups excluding carboxylic acids is 1. The molecule has 6 nitrogen and oxygen atoms in total. The molecule has 0 radical (unpaired) electrons. The number of aryl methyl sites for hydroxylation is 1. The molecule has 1 aromatic carbocycles. The van der Waals surface area contributed by atoms with Crippen molar-refractivity contribution in [3.8, 4) is 0 Å². The van der Waals surface area contributed by atoms with Gasteiger partial charge in [0.05, 0.1) is 12.2 Å². The molecule has 2 rings (SSSR count). The predicted molar refractivity (Wildman–Crippen MR) is 85.7 cm³/mol. The van der Waals surface area contributed by atoms with Crippen LogP contribution < -0.4 is 10.9 Å². The van der Waals surface area contributed by atoms with Crippen LogP contribution in [0.3, 0.4) is 0 Å². The number of carbonyl (C=O) groups is 1. The Hall–Kier alpha value is -2.15. The third-order valence-electron chi connectivity index (χ3n) is 3.25. The Morgan fingerprint density at radius 3 is 2.68 bits per heavy atom. The fourth-order valence-electron chi connectivity index (χ4n) is 2.10. The average molecular weight is 322 g/mol. The highest BCUT2D eigenvalue weighted by Crippen LogP contribution is 2.14. The third kappa shape index (κ3) is 4.42. The van der Waals surface area contributed by atoms with Gasteiger partial charge < -0.3 is 10.3 Å². The Balaban J connectivity index is 2.07. The van der Waals surface area contributed by atoms with Crippen LogP contribution in [0.5, 0.6) is 0 Å². The summed E-state index contributed by atoms with van der Waals surface area (Å²) < 4.78 is 22.0. The number of hydrogen-bond donors (Lipinski definition) is 2. The van der Waals surface area contributed by atoms with E-state index in [4.69, 9.17) is 0 Å². The number of fused-ring (bicyclic) bond motifs is 1. The van der Waals surface area contributed by atoms with Crippen molar-refractivity contribution in [2.45, 2.75) is 13.3 Å². The molecule has 0 aliphatic heterocycles. The Morgan fingerprint density at radius 1 is 1.27 bits per heavy atom. The van der Waals surface area contributed by atoms with Crippen molar-refractivity contribution in [2.75, 3.05) is 18.6 Å². The number of nitrogens with one attached hydrogen (secondary N) is 2. The highest BCUT2D eigenvalue weighted by Gasteiger charge is 2.07. The highest BCUT2D eigenvalue weighted by atomic mass is 32.2. The van der Waals surface area contributed by atoms with Gasteiger partial charge in [-0.25, -0.2) is 8.42 Å². The molecule has 0 aliphatic carbocycles. The van der Waals surface area contributed by atoms with Gasteiger partial charge in [0.15, 0.2) is 0 Å². The number of aromatic nitrogens is 1. The number of amides is 1. The standard InChI is InChI=1S/C15H18N2O4S/c1-10-7-12-8-11(3-4-13(12)17-15(10)19)9-14(18)16-5-6-22(2,20)21/h3-4,7-8H,5-6,9H2,1-2H3,(H,16,18)(H,17,19). The fourth-order valence-corrected chi connectivity index (χ4v) is 2.57. The summed E-state index contributed by atoms with van der Waals surface area (Å²) in [6.45, 7) is 1.83. The third-order valence-corrected chi connectivity index (χ3v) is 4.20. The van der Waals surface area contributed by atoms with E-state index in [1.807, 2.05) is 6.07 Å². The van der Waals surface area contributed by atoms with Crippen molar-refractivity contribution in [3.05, 3.63) is 45.7 Å². The normalized spacial score (nSPS) is 11.5. The summed E-state index contributed by atoms with van der Waals surface area (Å²) in [7, 11) is -3.08. The molecule has 22 heavy (non-hydrogen) atoms. The molecule has 0 bridgehead atoms. The van der Waals surface area contributed by atoms with E-state index < -0.39 is 9.84 Å². The van der Waals surface area contributed by atoms with Crippen LogP contribution in [0, 0.1) is 6.92 Å². The first-order valence-electron chi connectivity index (χ1n) is 6.81. The first-order valence-corrected chi connectivity index (χ1v) is 8.88. The van der Waals surface area contributed by atoms with Gasteiger partial charge in [-0.3, -0.25) is 9.59 Å². The molecule has 7 heteroatoms. The zero-order valence-electron chi connectivity index (χ0n) is 12.5. The van der Waals surface area contributed by atoms with E-state index >= 15 is 0 Å². The minimum Gasteiger partial charge on any atom is -0.355 e. The molecule has 1 aromatic heterocycles. The number of H-pyrrole nitrogens is 1. The van der Waals surface area contributed by atoms with Crippen molar-refractivity contribution in [2.24, 2.45) is 0 Å². The van der Waals surface area contributed by atoms with Crippen molar-refractivity contribution < 1.29 is 13.2 Å². The van der Waals surface area contributed by atoms with E-state index in [1.54, 1.807) is 25.1 Å². The fraction of sp³-hybridized carbons (Fsp3) is 0.333. The molecule has 2 N–H and O–H groups in total. The van der Waals surface area contributed by atoms with Gasteiger partial charge in [-0.2, -0.15) is 0 Å². The summed E-state index contributed by atoms with van der Waals surface area (Å²) in [5, 5.41) is 3.44. The number of rotatable bonds is 5. The molecule has 1 amide bonds. The second-order valence-electron chi connectivity index (χ2n) is 5.36. The molecule has 2 aromatic rings. The number of hydrogen-bond acceptors (Lipinski definition) is 4. The topological polar surface area (TPSA) is 96.1 Å². The van der Waals surface area contributed by atoms with E-state index in [1.165, 1.54) is 0 Å². The highest BCUT2D eigenvalue weighted by molar-refractivity contribution is 7.90. The quantitative estimate of drug-likeness (QED) is 0.840. The van der Waals surface area contributed by atoms with Crippen LogP contribution in [0.1, 0.15) is 11.1 Å². The van der Waals surface area contributed by atoms with E-state index in [2.05, 4.69) is 10.3 Å². The molecular weight excluding hydrogens is 304 g/mol. The molecule has 0 atom stereocenters. The first-order chi connectivity index (χ1) is 10.2. The van der Waals surface area contributed by atoms with Gasteiger partial charge in [0.1, 0.15) is 9.84 Å². The maximum atomic E-state index is 11.8. The first kappa shape index (κ1) is 16.2. The Labute approximate surface area is 128 Å². The SMILES string of the molecule is Cc1cc2cc(CC(=O)NCCS(C)(=O)=O)ccc2[nH]c1=O. The van der Waals surface area contributed by atoms with Crippen molar-refractivity contribution in [1.82, 2.24) is 10.3 Å². The van der Waals surface area contributed by atoms with Gasteiger partial charge in [0.25, 0.3) is 5.56 Å². The van der Waals surface area contributed by atoms with Crippen LogP contribution in [0.15, 0.2) is 29.1 Å². The summed E-state index contributed by atoms with van der Waals surface area (Å²) in [5.74, 6) is -0.305. The van der Waals surface area contributed by atoms with Crippen molar-refractivity contribution >= 4 is 26.6 Å². The minimum atomic E-state index is -3.08. The van der Waals surface area contributed by atoms with Gasteiger partial charge in [-0.1, -0.05) is 6.07 Å². The second kappa shape index (κ2) is 6.31. The predicted octanol–water partition coefficient (Wildman–Crippen LogP) is 0.540. The van der Waals surface area contributed by atoms with E-state index in [0.717, 1.165) is 22.7 Å². The van der Waals surface area contributed by atoms with Crippen LogP contribution in [0.2, 0.25) is 0 Å². The van der Waals surface area contributed by atoms with Crippen LogP contribution >= 0.6 is 0 Å². The Kier molecular flexibility index (Phi) is 4.65. The average Bonchev–Trinajstić information content (AvgIpc) is 2.39. The second-order valence-corrected chi connectivity index (χ2v) is 7.62. The van der Waals surface area contributed by atoms with Crippen molar-refractivity contribution in [3.63, 3.8) is 0 Å². The molecule has 0 spiro atoms. The Bertz CT molecular complexity index is 869. The molecule has 0 saturated carbocycles. The van der Waals surface area contributed by atoms with Gasteiger partial charge in [0, 0.05) is 23.9 Å². The van der Waals surface area contributed by atoms with Gasteiger partial charge in [-0.15, -0.1) is 0 Å². The molecule has 0 unspecified atom stereocenters. The Morgan fingerprint density at radius 2 is 2.00 bits per heavy atom. The van der Waals surface area contributed by atoms with E-state index in [9.17, 15) is 18.0 Å². The number of benzene rings is 1. The maximum Gasteiger partial charge on any atom is 0.251 e. The van der Waals surface area contributed by atoms with Crippen LogP contribution in [0.25, 0.3) is 10.9 Å². The molecule has 1 heterocycles. The van der Waals surface area contributed by atoms with Crippen LogP contribution in [-0.4, -0.2) is 37.9 Å². The molecule has 118 valence electrons. The lowest BCUT2D eigenvalue weighted by molar-refractivity contribution is -0.120. The number of aromatic amines is 1. The largest absolute Gasteiger partial charge is 0.355 e. The summed E-state index contributed by atoms with van der Waals surface area (Å²) in [5.41, 5.74) is 2.01. The molecule has 0 aliphatic rings. The molecule has 0 saturated heterocycles. The zero-order chi connectivity index (χ0) is 16.3. The van der Waals surface area contributed by atoms with E-state index in [0.29, 0.717) is 5.56 Å². The van der Waals surface area contributed by atoms with Gasteiger partial charge >= 0.3 is 0 Å². The summed E-state index contributed by atoms with van der Waals surface area (Å²) in [6.07, 6.45) is 1.30. The summed E-state index contributed by atoms with van der Waals surface area (Å²) >= 11 is 0. The summed E-state index contributed by atoms with van der Waals surface area (Å²) in [6, 6.07) is 7.15. The lowest BCUT2D eigenvalue weighted by Gasteiger charge is -2.06. The van der Waals surface area contributed by atoms with Gasteiger partial charge in [0.2, 0.25) is 5.91 Å². The number of sulfone groups is 1. The monoisotopic (exact) mass is 322 g/mol. The van der Waals surface area contributed by atoms with Crippen LogP contribution in [-0.2, 0) is 21.1 Å². The van der Waals surface area contributed by atoms with Gasteiger partial charge in [-0.05, 0) is 36.1 Å². The zero-order valence-corrected chi connectivity index (χ0v) is 13.3. The van der Waals surface area contributed by atoms with E-state index in [-0.39, 0.29) is 30.2 Å². The minimum absolute atomic E-state index is 0.0725. The number of pyridine rings is 1. The lowest BCUT2D eigenvalue weighted by atomic mass is 10.1. The van der Waals surface area contributed by atoms with Crippen molar-refractivity contribution in [1.29, 1.82) is 0 Å². The maximum absolute atomic E-state index is 11.8.